The molecule has 3 rings (SSSR count). The number of hydrogen-bond donors (Lipinski definition) is 2. The number of nitrogens with one attached hydrogen (secondary N) is 1. The molecule has 1 aliphatic rings. The van der Waals surface area contributed by atoms with Gasteiger partial charge in [0.15, 0.2) is 5.60 Å². The lowest BCUT2D eigenvalue weighted by Gasteiger charge is -2.38. The van der Waals surface area contributed by atoms with Crippen LogP contribution >= 0.6 is 11.6 Å². The third-order valence-corrected chi connectivity index (χ3v) is 5.08. The fraction of sp³-hybridized carbons (Fsp3) is 0.350. The van der Waals surface area contributed by atoms with Gasteiger partial charge in [0.2, 0.25) is 0 Å². The number of likely N-dealkylation sites (tertiary alicyclic amines) is 1. The molecule has 0 bridgehead atoms. The second kappa shape index (κ2) is 8.16. The Morgan fingerprint density at radius 1 is 1.15 bits per heavy atom. The molecular weight excluding hydrogens is 355 g/mol. The molecule has 0 saturated carbocycles. The zero-order valence-electron chi connectivity index (χ0n) is 14.4. The number of benzene rings is 2. The quantitative estimate of drug-likeness (QED) is 0.814. The third kappa shape index (κ3) is 4.23. The maximum atomic E-state index is 13.9. The lowest BCUT2D eigenvalue weighted by molar-refractivity contribution is -0.157. The summed E-state index contributed by atoms with van der Waals surface area (Å²) in [6.45, 7) is 1.27. The van der Waals surface area contributed by atoms with Gasteiger partial charge in [-0.1, -0.05) is 48.0 Å². The number of nitrogens with zero attached hydrogens (tertiary/aromatic N) is 1. The monoisotopic (exact) mass is 376 g/mol. The predicted molar refractivity (Wildman–Crippen MR) is 99.2 cm³/mol. The van der Waals surface area contributed by atoms with Crippen molar-refractivity contribution in [3.8, 4) is 0 Å². The van der Waals surface area contributed by atoms with Crippen molar-refractivity contribution in [2.24, 2.45) is 0 Å². The molecule has 1 heterocycles. The highest BCUT2D eigenvalue weighted by molar-refractivity contribution is 6.31. The number of carbonyl (C=O) groups is 1. The zero-order chi connectivity index (χ0) is 18.6. The Bertz CT molecular complexity index is 786. The van der Waals surface area contributed by atoms with Gasteiger partial charge in [-0.15, -0.1) is 0 Å². The van der Waals surface area contributed by atoms with E-state index in [1.807, 2.05) is 18.2 Å². The average Bonchev–Trinajstić information content (AvgIpc) is 2.63. The van der Waals surface area contributed by atoms with Crippen LogP contribution in [-0.4, -0.2) is 34.6 Å². The first-order chi connectivity index (χ1) is 12.5. The molecule has 26 heavy (non-hydrogen) atoms. The summed E-state index contributed by atoms with van der Waals surface area (Å²) < 4.78 is 13.9. The minimum absolute atomic E-state index is 0.130. The smallest absolute Gasteiger partial charge is 0.256 e. The van der Waals surface area contributed by atoms with Gasteiger partial charge in [0.05, 0.1) is 0 Å². The molecule has 1 aliphatic heterocycles. The van der Waals surface area contributed by atoms with Gasteiger partial charge in [-0.3, -0.25) is 4.79 Å². The first-order valence-corrected chi connectivity index (χ1v) is 9.07. The second-order valence-electron chi connectivity index (χ2n) is 6.65. The number of carbonyl (C=O) groups excluding carboxylic acids is 1. The van der Waals surface area contributed by atoms with Crippen molar-refractivity contribution >= 4 is 17.5 Å². The van der Waals surface area contributed by atoms with Gasteiger partial charge >= 0.3 is 0 Å². The Balaban J connectivity index is 1.62. The molecule has 2 aromatic carbocycles. The van der Waals surface area contributed by atoms with Crippen molar-refractivity contribution < 1.29 is 14.3 Å². The molecule has 1 fully saturated rings. The van der Waals surface area contributed by atoms with E-state index in [0.29, 0.717) is 36.5 Å². The van der Waals surface area contributed by atoms with E-state index in [4.69, 9.17) is 11.6 Å². The van der Waals surface area contributed by atoms with E-state index in [-0.39, 0.29) is 24.8 Å². The van der Waals surface area contributed by atoms with Crippen LogP contribution in [0.4, 0.5) is 4.39 Å². The minimum Gasteiger partial charge on any atom is -0.379 e. The SMILES string of the molecule is O=C1N(Cc2ccccc2F)CCCC1(O)CNCc1ccccc1Cl. The van der Waals surface area contributed by atoms with Gasteiger partial charge in [-0.05, 0) is 30.5 Å². The predicted octanol–water partition coefficient (Wildman–Crippen LogP) is 3.12. The van der Waals surface area contributed by atoms with Crippen LogP contribution in [0.1, 0.15) is 24.0 Å². The molecule has 1 unspecified atom stereocenters. The van der Waals surface area contributed by atoms with Crippen LogP contribution in [-0.2, 0) is 17.9 Å². The lowest BCUT2D eigenvalue weighted by Crippen LogP contribution is -2.57. The number of rotatable bonds is 6. The van der Waals surface area contributed by atoms with Crippen LogP contribution in [0.2, 0.25) is 5.02 Å². The van der Waals surface area contributed by atoms with Crippen molar-refractivity contribution in [2.75, 3.05) is 13.1 Å². The van der Waals surface area contributed by atoms with Crippen molar-refractivity contribution in [3.05, 3.63) is 70.5 Å². The summed E-state index contributed by atoms with van der Waals surface area (Å²) in [6, 6.07) is 13.8. The molecule has 6 heteroatoms. The molecule has 138 valence electrons. The highest BCUT2D eigenvalue weighted by Gasteiger charge is 2.41. The number of piperidine rings is 1. The highest BCUT2D eigenvalue weighted by atomic mass is 35.5. The molecule has 1 saturated heterocycles. The van der Waals surface area contributed by atoms with E-state index >= 15 is 0 Å². The lowest BCUT2D eigenvalue weighted by atomic mass is 9.91. The Labute approximate surface area is 157 Å². The number of halogens is 2. The summed E-state index contributed by atoms with van der Waals surface area (Å²) in [7, 11) is 0. The van der Waals surface area contributed by atoms with E-state index in [1.54, 1.807) is 24.3 Å². The molecule has 4 nitrogen and oxygen atoms in total. The normalized spacial score (nSPS) is 20.4. The standard InChI is InChI=1S/C20H22ClFN2O2/c21-17-8-3-1-6-15(17)12-23-14-20(26)10-5-11-24(19(20)25)13-16-7-2-4-9-18(16)22/h1-4,6-9,23,26H,5,10-14H2. The largest absolute Gasteiger partial charge is 0.379 e. The van der Waals surface area contributed by atoms with E-state index in [2.05, 4.69) is 5.32 Å². The van der Waals surface area contributed by atoms with Gasteiger partial charge in [-0.25, -0.2) is 4.39 Å². The summed E-state index contributed by atoms with van der Waals surface area (Å²) in [5, 5.41) is 14.6. The average molecular weight is 377 g/mol. The van der Waals surface area contributed by atoms with Crippen LogP contribution < -0.4 is 5.32 Å². The fourth-order valence-corrected chi connectivity index (χ4v) is 3.46. The molecule has 1 atom stereocenters. The number of aliphatic hydroxyl groups is 1. The summed E-state index contributed by atoms with van der Waals surface area (Å²) in [5.41, 5.74) is -0.122. The van der Waals surface area contributed by atoms with Crippen LogP contribution in [0.25, 0.3) is 0 Å². The summed E-state index contributed by atoms with van der Waals surface area (Å²) in [5.74, 6) is -0.704. The maximum Gasteiger partial charge on any atom is 0.256 e. The third-order valence-electron chi connectivity index (χ3n) is 4.71. The molecule has 2 aromatic rings. The van der Waals surface area contributed by atoms with E-state index in [9.17, 15) is 14.3 Å². The van der Waals surface area contributed by atoms with Crippen molar-refractivity contribution in [1.82, 2.24) is 10.2 Å². The Morgan fingerprint density at radius 3 is 2.58 bits per heavy atom. The number of amides is 1. The molecule has 0 aliphatic carbocycles. The first kappa shape index (κ1) is 18.8. The van der Waals surface area contributed by atoms with Gasteiger partial charge < -0.3 is 15.3 Å². The Morgan fingerprint density at radius 2 is 1.85 bits per heavy atom. The van der Waals surface area contributed by atoms with Crippen LogP contribution in [0, 0.1) is 5.82 Å². The van der Waals surface area contributed by atoms with Gasteiger partial charge in [0.1, 0.15) is 5.82 Å². The summed E-state index contributed by atoms with van der Waals surface area (Å²) >= 11 is 6.12. The van der Waals surface area contributed by atoms with Crippen LogP contribution in [0.5, 0.6) is 0 Å². The van der Waals surface area contributed by atoms with Gasteiger partial charge in [0, 0.05) is 36.8 Å². The highest BCUT2D eigenvalue weighted by Crippen LogP contribution is 2.25. The Hall–Kier alpha value is -1.95. The maximum absolute atomic E-state index is 13.9. The van der Waals surface area contributed by atoms with E-state index < -0.39 is 5.60 Å². The summed E-state index contributed by atoms with van der Waals surface area (Å²) in [6.07, 6.45) is 1.06. The minimum atomic E-state index is -1.48. The molecule has 2 N–H and O–H groups in total. The number of hydrogen-bond acceptors (Lipinski definition) is 3. The Kier molecular flexibility index (Phi) is 5.91. The topological polar surface area (TPSA) is 52.6 Å². The molecule has 0 radical (unpaired) electrons. The molecule has 0 aromatic heterocycles. The van der Waals surface area contributed by atoms with Crippen LogP contribution in [0.15, 0.2) is 48.5 Å². The second-order valence-corrected chi connectivity index (χ2v) is 7.06. The van der Waals surface area contributed by atoms with Crippen molar-refractivity contribution in [3.63, 3.8) is 0 Å². The van der Waals surface area contributed by atoms with E-state index in [0.717, 1.165) is 5.56 Å². The van der Waals surface area contributed by atoms with Crippen molar-refractivity contribution in [2.45, 2.75) is 31.5 Å². The molecule has 1 amide bonds. The zero-order valence-corrected chi connectivity index (χ0v) is 15.2. The van der Waals surface area contributed by atoms with Crippen LogP contribution in [0.3, 0.4) is 0 Å². The first-order valence-electron chi connectivity index (χ1n) is 8.69. The van der Waals surface area contributed by atoms with E-state index in [1.165, 1.54) is 11.0 Å². The molecular formula is C20H22ClFN2O2. The van der Waals surface area contributed by atoms with Gasteiger partial charge in [0.25, 0.3) is 5.91 Å². The fourth-order valence-electron chi connectivity index (χ4n) is 3.26. The van der Waals surface area contributed by atoms with Crippen molar-refractivity contribution in [1.29, 1.82) is 0 Å². The van der Waals surface area contributed by atoms with Gasteiger partial charge in [-0.2, -0.15) is 0 Å². The molecule has 0 spiro atoms. The summed E-state index contributed by atoms with van der Waals surface area (Å²) in [4.78, 5) is 14.3.